The first-order valence-electron chi connectivity index (χ1n) is 6.60. The number of pyridine rings is 1. The molecule has 1 aromatic rings. The van der Waals surface area contributed by atoms with Gasteiger partial charge in [-0.3, -0.25) is 4.79 Å². The van der Waals surface area contributed by atoms with Crippen LogP contribution in [-0.4, -0.2) is 35.9 Å². The van der Waals surface area contributed by atoms with E-state index >= 15 is 0 Å². The van der Waals surface area contributed by atoms with E-state index in [9.17, 15) is 4.79 Å². The van der Waals surface area contributed by atoms with E-state index in [1.165, 1.54) is 0 Å². The fourth-order valence-electron chi connectivity index (χ4n) is 1.67. The van der Waals surface area contributed by atoms with Crippen LogP contribution in [0.2, 0.25) is 0 Å². The molecule has 0 fully saturated rings. The van der Waals surface area contributed by atoms with Gasteiger partial charge in [0, 0.05) is 30.8 Å². The maximum absolute atomic E-state index is 12.4. The molecule has 0 aliphatic heterocycles. The van der Waals surface area contributed by atoms with Crippen molar-refractivity contribution in [1.82, 2.24) is 9.88 Å². The maximum Gasteiger partial charge on any atom is 0.257 e. The first kappa shape index (κ1) is 16.0. The standard InChI is InChI=1S/C14H22BrN3O/c1-5-16-13-12(8-11(15)9-17-13)14(19)18(4)7-6-10(2)3/h8-10H,5-7H2,1-4H3,(H,16,17). The summed E-state index contributed by atoms with van der Waals surface area (Å²) in [4.78, 5) is 18.4. The van der Waals surface area contributed by atoms with Gasteiger partial charge in [0.15, 0.2) is 0 Å². The van der Waals surface area contributed by atoms with Gasteiger partial charge in [0.05, 0.1) is 5.56 Å². The average molecular weight is 328 g/mol. The molecule has 0 saturated heterocycles. The number of rotatable bonds is 6. The Bertz CT molecular complexity index is 435. The third-order valence-electron chi connectivity index (χ3n) is 2.82. The van der Waals surface area contributed by atoms with Crippen LogP contribution < -0.4 is 5.32 Å². The first-order chi connectivity index (χ1) is 8.95. The lowest BCUT2D eigenvalue weighted by atomic mass is 10.1. The van der Waals surface area contributed by atoms with Crippen LogP contribution in [0.25, 0.3) is 0 Å². The Morgan fingerprint density at radius 2 is 2.21 bits per heavy atom. The average Bonchev–Trinajstić information content (AvgIpc) is 2.37. The van der Waals surface area contributed by atoms with Crippen LogP contribution in [0.1, 0.15) is 37.6 Å². The molecule has 0 bridgehead atoms. The molecule has 19 heavy (non-hydrogen) atoms. The first-order valence-corrected chi connectivity index (χ1v) is 7.39. The molecule has 0 spiro atoms. The zero-order valence-corrected chi connectivity index (χ0v) is 13.6. The zero-order chi connectivity index (χ0) is 14.4. The van der Waals surface area contributed by atoms with E-state index in [0.717, 1.165) is 24.0 Å². The van der Waals surface area contributed by atoms with Crippen molar-refractivity contribution in [1.29, 1.82) is 0 Å². The fourth-order valence-corrected chi connectivity index (χ4v) is 2.00. The highest BCUT2D eigenvalue weighted by molar-refractivity contribution is 9.10. The van der Waals surface area contributed by atoms with E-state index in [1.54, 1.807) is 11.1 Å². The molecule has 0 radical (unpaired) electrons. The van der Waals surface area contributed by atoms with Crippen LogP contribution >= 0.6 is 15.9 Å². The smallest absolute Gasteiger partial charge is 0.257 e. The van der Waals surface area contributed by atoms with Gasteiger partial charge >= 0.3 is 0 Å². The summed E-state index contributed by atoms with van der Waals surface area (Å²) in [5.41, 5.74) is 0.613. The van der Waals surface area contributed by atoms with Gasteiger partial charge in [-0.25, -0.2) is 4.98 Å². The molecule has 1 N–H and O–H groups in total. The summed E-state index contributed by atoms with van der Waals surface area (Å²) < 4.78 is 0.815. The Balaban J connectivity index is 2.87. The number of halogens is 1. The number of aromatic nitrogens is 1. The third-order valence-corrected chi connectivity index (χ3v) is 3.25. The lowest BCUT2D eigenvalue weighted by Gasteiger charge is -2.20. The van der Waals surface area contributed by atoms with Gasteiger partial charge in [-0.05, 0) is 41.3 Å². The third kappa shape index (κ3) is 4.82. The monoisotopic (exact) mass is 327 g/mol. The second kappa shape index (κ2) is 7.48. The Morgan fingerprint density at radius 3 is 2.79 bits per heavy atom. The minimum Gasteiger partial charge on any atom is -0.370 e. The zero-order valence-electron chi connectivity index (χ0n) is 12.0. The molecular weight excluding hydrogens is 306 g/mol. The predicted molar refractivity (Wildman–Crippen MR) is 82.5 cm³/mol. The van der Waals surface area contributed by atoms with Gasteiger partial charge in [-0.2, -0.15) is 0 Å². The van der Waals surface area contributed by atoms with Crippen molar-refractivity contribution in [2.24, 2.45) is 5.92 Å². The molecule has 1 rings (SSSR count). The van der Waals surface area contributed by atoms with Gasteiger partial charge in [-0.1, -0.05) is 13.8 Å². The predicted octanol–water partition coefficient (Wildman–Crippen LogP) is 3.39. The summed E-state index contributed by atoms with van der Waals surface area (Å²) in [5, 5.41) is 3.12. The summed E-state index contributed by atoms with van der Waals surface area (Å²) in [7, 11) is 1.83. The van der Waals surface area contributed by atoms with Crippen LogP contribution in [0.15, 0.2) is 16.7 Å². The van der Waals surface area contributed by atoms with E-state index in [0.29, 0.717) is 17.3 Å². The molecular formula is C14H22BrN3O. The van der Waals surface area contributed by atoms with Gasteiger partial charge in [-0.15, -0.1) is 0 Å². The second-order valence-corrected chi connectivity index (χ2v) is 5.90. The topological polar surface area (TPSA) is 45.2 Å². The van der Waals surface area contributed by atoms with Crippen molar-refractivity contribution in [3.63, 3.8) is 0 Å². The number of hydrogen-bond donors (Lipinski definition) is 1. The highest BCUT2D eigenvalue weighted by Crippen LogP contribution is 2.19. The van der Waals surface area contributed by atoms with Crippen molar-refractivity contribution in [3.8, 4) is 0 Å². The van der Waals surface area contributed by atoms with Gasteiger partial charge in [0.1, 0.15) is 5.82 Å². The van der Waals surface area contributed by atoms with E-state index in [1.807, 2.05) is 20.0 Å². The van der Waals surface area contributed by atoms with Crippen molar-refractivity contribution in [3.05, 3.63) is 22.3 Å². The van der Waals surface area contributed by atoms with Crippen LogP contribution in [0.4, 0.5) is 5.82 Å². The molecule has 0 saturated carbocycles. The summed E-state index contributed by atoms with van der Waals surface area (Å²) in [5.74, 6) is 1.24. The molecule has 1 amide bonds. The Morgan fingerprint density at radius 1 is 1.53 bits per heavy atom. The maximum atomic E-state index is 12.4. The minimum atomic E-state index is 0.00500. The molecule has 1 heterocycles. The van der Waals surface area contributed by atoms with Crippen LogP contribution in [0.5, 0.6) is 0 Å². The van der Waals surface area contributed by atoms with Crippen LogP contribution in [0.3, 0.4) is 0 Å². The number of hydrogen-bond acceptors (Lipinski definition) is 3. The van der Waals surface area contributed by atoms with Gasteiger partial charge in [0.25, 0.3) is 5.91 Å². The van der Waals surface area contributed by atoms with E-state index in [2.05, 4.69) is 40.1 Å². The summed E-state index contributed by atoms with van der Waals surface area (Å²) in [6.07, 6.45) is 2.70. The Kier molecular flexibility index (Phi) is 6.28. The lowest BCUT2D eigenvalue weighted by Crippen LogP contribution is -2.29. The van der Waals surface area contributed by atoms with Gasteiger partial charge in [0.2, 0.25) is 0 Å². The second-order valence-electron chi connectivity index (χ2n) is 4.99. The number of amides is 1. The molecule has 0 atom stereocenters. The van der Waals surface area contributed by atoms with Gasteiger partial charge < -0.3 is 10.2 Å². The van der Waals surface area contributed by atoms with E-state index in [-0.39, 0.29) is 5.91 Å². The molecule has 1 aromatic heterocycles. The number of carbonyl (C=O) groups excluding carboxylic acids is 1. The summed E-state index contributed by atoms with van der Waals surface area (Å²) in [6, 6.07) is 1.82. The van der Waals surface area contributed by atoms with Crippen molar-refractivity contribution in [2.45, 2.75) is 27.2 Å². The lowest BCUT2D eigenvalue weighted by molar-refractivity contribution is 0.0789. The summed E-state index contributed by atoms with van der Waals surface area (Å²) >= 11 is 3.37. The molecule has 0 aliphatic carbocycles. The van der Waals surface area contributed by atoms with Crippen LogP contribution in [-0.2, 0) is 0 Å². The molecule has 0 unspecified atom stereocenters. The number of nitrogens with zero attached hydrogens (tertiary/aromatic N) is 2. The highest BCUT2D eigenvalue weighted by Gasteiger charge is 2.17. The molecule has 0 aliphatic rings. The normalized spacial score (nSPS) is 10.6. The molecule has 5 heteroatoms. The SMILES string of the molecule is CCNc1ncc(Br)cc1C(=O)N(C)CCC(C)C. The van der Waals surface area contributed by atoms with Crippen molar-refractivity contribution >= 4 is 27.7 Å². The van der Waals surface area contributed by atoms with Crippen molar-refractivity contribution < 1.29 is 4.79 Å². The summed E-state index contributed by atoms with van der Waals surface area (Å²) in [6.45, 7) is 7.80. The van der Waals surface area contributed by atoms with E-state index in [4.69, 9.17) is 0 Å². The minimum absolute atomic E-state index is 0.00500. The Hall–Kier alpha value is -1.10. The Labute approximate surface area is 123 Å². The number of nitrogens with one attached hydrogen (secondary N) is 1. The fraction of sp³-hybridized carbons (Fsp3) is 0.571. The van der Waals surface area contributed by atoms with Crippen molar-refractivity contribution in [2.75, 3.05) is 25.5 Å². The van der Waals surface area contributed by atoms with Crippen LogP contribution in [0, 0.1) is 5.92 Å². The number of anilines is 1. The number of carbonyl (C=O) groups is 1. The van der Waals surface area contributed by atoms with E-state index < -0.39 is 0 Å². The molecule has 4 nitrogen and oxygen atoms in total. The molecule has 0 aromatic carbocycles. The molecule has 106 valence electrons. The highest BCUT2D eigenvalue weighted by atomic mass is 79.9. The largest absolute Gasteiger partial charge is 0.370 e. The quantitative estimate of drug-likeness (QED) is 0.871.